The number of anilines is 1. The van der Waals surface area contributed by atoms with Crippen LogP contribution in [0.2, 0.25) is 0 Å². The Balaban J connectivity index is 2.36. The summed E-state index contributed by atoms with van der Waals surface area (Å²) in [4.78, 5) is 1.75. The quantitative estimate of drug-likeness (QED) is 0.838. The summed E-state index contributed by atoms with van der Waals surface area (Å²) >= 11 is 4.68. The van der Waals surface area contributed by atoms with Gasteiger partial charge in [-0.05, 0) is 24.0 Å². The summed E-state index contributed by atoms with van der Waals surface area (Å²) in [5.74, 6) is -0.862. The molecule has 0 aliphatic carbocycles. The first-order valence-corrected chi connectivity index (χ1v) is 6.35. The van der Waals surface area contributed by atoms with Gasteiger partial charge in [-0.25, -0.2) is 8.78 Å². The Kier molecular flexibility index (Phi) is 3.52. The van der Waals surface area contributed by atoms with E-state index in [0.29, 0.717) is 17.5 Å². The molecule has 1 aromatic rings. The van der Waals surface area contributed by atoms with Crippen LogP contribution in [0, 0.1) is 23.5 Å². The van der Waals surface area contributed by atoms with Crippen LogP contribution in [-0.2, 0) is 0 Å². The Morgan fingerprint density at radius 2 is 1.78 bits per heavy atom. The molecule has 2 unspecified atom stereocenters. The molecule has 18 heavy (non-hydrogen) atoms. The molecule has 1 saturated heterocycles. The monoisotopic (exact) mass is 270 g/mol. The van der Waals surface area contributed by atoms with E-state index in [1.807, 2.05) is 4.90 Å². The lowest BCUT2D eigenvalue weighted by molar-refractivity contribution is 0.494. The Hall–Kier alpha value is -1.23. The van der Waals surface area contributed by atoms with Crippen LogP contribution in [0.1, 0.15) is 19.4 Å². The number of nitrogens with two attached hydrogens (primary N) is 1. The molecule has 2 nitrogen and oxygen atoms in total. The maximum absolute atomic E-state index is 14.0. The lowest BCUT2D eigenvalue weighted by Crippen LogP contribution is -2.22. The van der Waals surface area contributed by atoms with Crippen molar-refractivity contribution in [1.82, 2.24) is 0 Å². The maximum atomic E-state index is 14.0. The third-order valence-electron chi connectivity index (χ3n) is 3.66. The van der Waals surface area contributed by atoms with E-state index in [-0.39, 0.29) is 10.6 Å². The van der Waals surface area contributed by atoms with Crippen molar-refractivity contribution in [2.75, 3.05) is 18.0 Å². The van der Waals surface area contributed by atoms with Crippen molar-refractivity contribution in [3.05, 3.63) is 29.3 Å². The highest BCUT2D eigenvalue weighted by atomic mass is 32.1. The van der Waals surface area contributed by atoms with E-state index in [4.69, 9.17) is 5.73 Å². The molecule has 0 radical (unpaired) electrons. The smallest absolute Gasteiger partial charge is 0.182 e. The second-order valence-electron chi connectivity index (χ2n) is 4.98. The van der Waals surface area contributed by atoms with Crippen molar-refractivity contribution < 1.29 is 8.78 Å². The van der Waals surface area contributed by atoms with E-state index in [1.165, 1.54) is 6.07 Å². The standard InChI is InChI=1S/C13H16F2N2S/c1-7-5-17(6-8(7)2)10-4-3-9(13(16)18)11(14)12(10)15/h3-4,7-8H,5-6H2,1-2H3,(H2,16,18). The normalized spacial score (nSPS) is 23.4. The minimum absolute atomic E-state index is 0.0356. The third-order valence-corrected chi connectivity index (χ3v) is 3.88. The average Bonchev–Trinajstić information content (AvgIpc) is 2.62. The number of halogens is 2. The van der Waals surface area contributed by atoms with Gasteiger partial charge in [0.15, 0.2) is 11.6 Å². The molecular weight excluding hydrogens is 254 g/mol. The average molecular weight is 270 g/mol. The van der Waals surface area contributed by atoms with Crippen LogP contribution in [0.4, 0.5) is 14.5 Å². The van der Waals surface area contributed by atoms with Gasteiger partial charge in [-0.15, -0.1) is 0 Å². The summed E-state index contributed by atoms with van der Waals surface area (Å²) in [5.41, 5.74) is 5.60. The van der Waals surface area contributed by atoms with E-state index < -0.39 is 11.6 Å². The number of benzene rings is 1. The van der Waals surface area contributed by atoms with Crippen molar-refractivity contribution in [3.8, 4) is 0 Å². The summed E-state index contributed by atoms with van der Waals surface area (Å²) in [6.07, 6.45) is 0. The Labute approximate surface area is 111 Å². The molecule has 0 bridgehead atoms. The van der Waals surface area contributed by atoms with Crippen LogP contribution in [0.3, 0.4) is 0 Å². The zero-order valence-electron chi connectivity index (χ0n) is 10.4. The molecule has 2 N–H and O–H groups in total. The second kappa shape index (κ2) is 4.80. The molecule has 1 aliphatic rings. The van der Waals surface area contributed by atoms with Crippen LogP contribution in [0.15, 0.2) is 12.1 Å². The fraction of sp³-hybridized carbons (Fsp3) is 0.462. The van der Waals surface area contributed by atoms with Crippen LogP contribution in [0.5, 0.6) is 0 Å². The topological polar surface area (TPSA) is 29.3 Å². The molecule has 1 aliphatic heterocycles. The molecule has 5 heteroatoms. The molecule has 1 heterocycles. The third kappa shape index (κ3) is 2.19. The SMILES string of the molecule is CC1CN(c2ccc(C(N)=S)c(F)c2F)CC1C. The van der Waals surface area contributed by atoms with Gasteiger partial charge in [-0.1, -0.05) is 26.1 Å². The van der Waals surface area contributed by atoms with Crippen LogP contribution < -0.4 is 10.6 Å². The predicted molar refractivity (Wildman–Crippen MR) is 72.8 cm³/mol. The van der Waals surface area contributed by atoms with Crippen molar-refractivity contribution in [2.24, 2.45) is 17.6 Å². The molecule has 1 fully saturated rings. The molecule has 0 aromatic heterocycles. The molecule has 0 spiro atoms. The summed E-state index contributed by atoms with van der Waals surface area (Å²) in [7, 11) is 0. The number of rotatable bonds is 2. The minimum Gasteiger partial charge on any atom is -0.389 e. The van der Waals surface area contributed by atoms with Gasteiger partial charge < -0.3 is 10.6 Å². The lowest BCUT2D eigenvalue weighted by atomic mass is 10.0. The highest BCUT2D eigenvalue weighted by Gasteiger charge is 2.29. The van der Waals surface area contributed by atoms with Gasteiger partial charge in [0.1, 0.15) is 4.99 Å². The Morgan fingerprint density at radius 3 is 2.28 bits per heavy atom. The molecule has 1 aromatic carbocycles. The fourth-order valence-electron chi connectivity index (χ4n) is 2.30. The number of thiocarbonyl (C=S) groups is 1. The number of hydrogen-bond acceptors (Lipinski definition) is 2. The van der Waals surface area contributed by atoms with Gasteiger partial charge in [0.2, 0.25) is 0 Å². The van der Waals surface area contributed by atoms with Crippen molar-refractivity contribution in [2.45, 2.75) is 13.8 Å². The van der Waals surface area contributed by atoms with Gasteiger partial charge in [0.25, 0.3) is 0 Å². The van der Waals surface area contributed by atoms with Gasteiger partial charge in [0, 0.05) is 18.7 Å². The Morgan fingerprint density at radius 1 is 1.22 bits per heavy atom. The second-order valence-corrected chi connectivity index (χ2v) is 5.42. The summed E-state index contributed by atoms with van der Waals surface area (Å²) in [6, 6.07) is 3.00. The van der Waals surface area contributed by atoms with Crippen LogP contribution in [0.25, 0.3) is 0 Å². The molecule has 2 atom stereocenters. The zero-order valence-corrected chi connectivity index (χ0v) is 11.2. The zero-order chi connectivity index (χ0) is 13.4. The maximum Gasteiger partial charge on any atom is 0.182 e. The van der Waals surface area contributed by atoms with Gasteiger partial charge >= 0.3 is 0 Å². The van der Waals surface area contributed by atoms with E-state index in [0.717, 1.165) is 13.1 Å². The highest BCUT2D eigenvalue weighted by molar-refractivity contribution is 7.80. The number of hydrogen-bond donors (Lipinski definition) is 1. The van der Waals surface area contributed by atoms with Crippen molar-refractivity contribution in [1.29, 1.82) is 0 Å². The largest absolute Gasteiger partial charge is 0.389 e. The number of nitrogens with zero attached hydrogens (tertiary/aromatic N) is 1. The van der Waals surface area contributed by atoms with Crippen LogP contribution >= 0.6 is 12.2 Å². The van der Waals surface area contributed by atoms with Crippen molar-refractivity contribution >= 4 is 22.9 Å². The van der Waals surface area contributed by atoms with Gasteiger partial charge in [-0.3, -0.25) is 0 Å². The van der Waals surface area contributed by atoms with E-state index in [2.05, 4.69) is 26.1 Å². The van der Waals surface area contributed by atoms with E-state index >= 15 is 0 Å². The molecule has 0 amide bonds. The summed E-state index contributed by atoms with van der Waals surface area (Å²) in [6.45, 7) is 5.71. The molecular formula is C13H16F2N2S. The minimum atomic E-state index is -0.952. The first-order chi connectivity index (χ1) is 8.41. The van der Waals surface area contributed by atoms with Crippen LogP contribution in [-0.4, -0.2) is 18.1 Å². The van der Waals surface area contributed by atoms with E-state index in [1.54, 1.807) is 6.07 Å². The first-order valence-electron chi connectivity index (χ1n) is 5.94. The summed E-state index contributed by atoms with van der Waals surface area (Å²) in [5, 5.41) is 0. The lowest BCUT2D eigenvalue weighted by Gasteiger charge is -2.20. The van der Waals surface area contributed by atoms with E-state index in [9.17, 15) is 8.78 Å². The Bertz CT molecular complexity index is 480. The molecule has 2 rings (SSSR count). The summed E-state index contributed by atoms with van der Waals surface area (Å²) < 4.78 is 27.8. The predicted octanol–water partition coefficient (Wildman–Crippen LogP) is 2.69. The molecule has 0 saturated carbocycles. The fourth-order valence-corrected chi connectivity index (χ4v) is 2.46. The highest BCUT2D eigenvalue weighted by Crippen LogP contribution is 2.31. The van der Waals surface area contributed by atoms with Gasteiger partial charge in [-0.2, -0.15) is 0 Å². The van der Waals surface area contributed by atoms with Gasteiger partial charge in [0.05, 0.1) is 5.69 Å². The molecule has 98 valence electrons. The van der Waals surface area contributed by atoms with Crippen molar-refractivity contribution in [3.63, 3.8) is 0 Å². The first kappa shape index (κ1) is 13.2.